The molecule has 0 fully saturated rings. The number of hydrogen-bond acceptors (Lipinski definition) is 4. The lowest BCUT2D eigenvalue weighted by Crippen LogP contribution is -2.44. The van der Waals surface area contributed by atoms with Crippen molar-refractivity contribution in [1.82, 2.24) is 10.3 Å². The zero-order valence-electron chi connectivity index (χ0n) is 13.6. The number of fused-ring (bicyclic) bond motifs is 1. The van der Waals surface area contributed by atoms with Crippen molar-refractivity contribution < 1.29 is 9.59 Å². The molecule has 1 atom stereocenters. The van der Waals surface area contributed by atoms with Gasteiger partial charge in [0.25, 0.3) is 5.91 Å². The number of rotatable bonds is 4. The molecule has 23 heavy (non-hydrogen) atoms. The smallest absolute Gasteiger partial charge is 0.267 e. The third-order valence-electron chi connectivity index (χ3n) is 4.48. The maximum atomic E-state index is 12.2. The molecule has 6 heteroatoms. The fraction of sp³-hybridized carbons (Fsp3) is 0.471. The summed E-state index contributed by atoms with van der Waals surface area (Å²) in [5.41, 5.74) is 3.05. The summed E-state index contributed by atoms with van der Waals surface area (Å²) < 4.78 is 0. The van der Waals surface area contributed by atoms with Gasteiger partial charge in [0.05, 0.1) is 0 Å². The molecule has 122 valence electrons. The first-order chi connectivity index (χ1) is 11.1. The highest BCUT2D eigenvalue weighted by molar-refractivity contribution is 6.39. The van der Waals surface area contributed by atoms with Crippen molar-refractivity contribution in [2.75, 3.05) is 25.0 Å². The Labute approximate surface area is 136 Å². The van der Waals surface area contributed by atoms with Gasteiger partial charge in [-0.3, -0.25) is 9.59 Å². The van der Waals surface area contributed by atoms with Crippen LogP contribution in [0.15, 0.2) is 29.4 Å². The minimum atomic E-state index is -0.177. The Hall–Kier alpha value is -2.37. The maximum absolute atomic E-state index is 12.2. The van der Waals surface area contributed by atoms with E-state index >= 15 is 0 Å². The lowest BCUT2D eigenvalue weighted by atomic mass is 10.1. The van der Waals surface area contributed by atoms with Crippen LogP contribution < -0.4 is 10.2 Å². The number of amides is 2. The lowest BCUT2D eigenvalue weighted by molar-refractivity contribution is -0.130. The molecule has 2 aliphatic rings. The molecule has 0 bridgehead atoms. The van der Waals surface area contributed by atoms with Gasteiger partial charge in [0.15, 0.2) is 0 Å². The molecule has 0 saturated carbocycles. The van der Waals surface area contributed by atoms with E-state index < -0.39 is 0 Å². The fourth-order valence-corrected chi connectivity index (χ4v) is 3.11. The second kappa shape index (κ2) is 6.40. The Bertz CT molecular complexity index is 656. The molecule has 6 nitrogen and oxygen atoms in total. The van der Waals surface area contributed by atoms with E-state index in [4.69, 9.17) is 0 Å². The minimum absolute atomic E-state index is 0.0522. The molecule has 0 aromatic heterocycles. The Morgan fingerprint density at radius 1 is 1.30 bits per heavy atom. The predicted octanol–water partition coefficient (Wildman–Crippen LogP) is 1.16. The van der Waals surface area contributed by atoms with Crippen molar-refractivity contribution in [3.05, 3.63) is 29.8 Å². The highest BCUT2D eigenvalue weighted by atomic mass is 16.2. The van der Waals surface area contributed by atoms with Crippen molar-refractivity contribution in [3.8, 4) is 0 Å². The van der Waals surface area contributed by atoms with Crippen molar-refractivity contribution in [2.45, 2.75) is 32.2 Å². The number of nitrogens with zero attached hydrogens (tertiary/aromatic N) is 3. The van der Waals surface area contributed by atoms with E-state index in [0.29, 0.717) is 25.1 Å². The average molecular weight is 314 g/mol. The average Bonchev–Trinajstić information content (AvgIpc) is 2.99. The largest absolute Gasteiger partial charge is 0.366 e. The van der Waals surface area contributed by atoms with Crippen LogP contribution in [0.4, 0.5) is 5.69 Å². The Kier molecular flexibility index (Phi) is 4.32. The van der Waals surface area contributed by atoms with Crippen LogP contribution in [0.1, 0.15) is 25.3 Å². The zero-order chi connectivity index (χ0) is 16.4. The molecule has 1 aromatic carbocycles. The third kappa shape index (κ3) is 3.21. The molecular weight excluding hydrogens is 292 g/mol. The molecule has 2 amide bonds. The van der Waals surface area contributed by atoms with Gasteiger partial charge in [-0.25, -0.2) is 5.01 Å². The number of nitrogens with one attached hydrogen (secondary N) is 1. The van der Waals surface area contributed by atoms with Crippen LogP contribution in [0, 0.1) is 0 Å². The number of carbonyl (C=O) groups is 2. The molecule has 1 unspecified atom stereocenters. The van der Waals surface area contributed by atoms with Gasteiger partial charge in [0.2, 0.25) is 5.91 Å². The number of hydrogen-bond donors (Lipinski definition) is 1. The Morgan fingerprint density at radius 2 is 2.09 bits per heavy atom. The summed E-state index contributed by atoms with van der Waals surface area (Å²) in [7, 11) is 1.58. The van der Waals surface area contributed by atoms with Crippen LogP contribution in [-0.4, -0.2) is 48.7 Å². The number of carbonyl (C=O) groups excluding carboxylic acids is 2. The van der Waals surface area contributed by atoms with E-state index in [-0.39, 0.29) is 17.9 Å². The maximum Gasteiger partial charge on any atom is 0.267 e. The Balaban J connectivity index is 1.58. The first kappa shape index (κ1) is 15.5. The summed E-state index contributed by atoms with van der Waals surface area (Å²) in [6, 6.07) is 8.61. The van der Waals surface area contributed by atoms with E-state index in [1.54, 1.807) is 7.05 Å². The fourth-order valence-electron chi connectivity index (χ4n) is 3.11. The van der Waals surface area contributed by atoms with Crippen LogP contribution >= 0.6 is 0 Å². The predicted molar refractivity (Wildman–Crippen MR) is 89.4 cm³/mol. The second-order valence-electron chi connectivity index (χ2n) is 6.10. The highest BCUT2D eigenvalue weighted by Crippen LogP contribution is 2.28. The minimum Gasteiger partial charge on any atom is -0.366 e. The Morgan fingerprint density at radius 3 is 2.87 bits per heavy atom. The molecule has 0 spiro atoms. The van der Waals surface area contributed by atoms with Crippen LogP contribution in [0.3, 0.4) is 0 Å². The lowest BCUT2D eigenvalue weighted by Gasteiger charge is -2.28. The number of benzene rings is 1. The van der Waals surface area contributed by atoms with Gasteiger partial charge in [-0.2, -0.15) is 5.10 Å². The molecule has 0 radical (unpaired) electrons. The van der Waals surface area contributed by atoms with Gasteiger partial charge in [-0.05, 0) is 25.0 Å². The van der Waals surface area contributed by atoms with Crippen molar-refractivity contribution in [2.24, 2.45) is 5.10 Å². The van der Waals surface area contributed by atoms with Crippen LogP contribution in [0.25, 0.3) is 0 Å². The van der Waals surface area contributed by atoms with E-state index in [2.05, 4.69) is 40.4 Å². The summed E-state index contributed by atoms with van der Waals surface area (Å²) in [6.07, 6.45) is 1.81. The summed E-state index contributed by atoms with van der Waals surface area (Å²) >= 11 is 0. The van der Waals surface area contributed by atoms with Gasteiger partial charge in [0.1, 0.15) is 5.71 Å². The highest BCUT2D eigenvalue weighted by Gasteiger charge is 2.25. The summed E-state index contributed by atoms with van der Waals surface area (Å²) in [4.78, 5) is 25.9. The first-order valence-corrected chi connectivity index (χ1v) is 8.03. The van der Waals surface area contributed by atoms with Gasteiger partial charge >= 0.3 is 0 Å². The number of hydrazone groups is 1. The standard InChI is InChI=1S/C17H22N4O2/c1-12(21-10-9-13-5-3-4-6-15(13)21)11-18-17(23)14-7-8-16(22)20(2)19-14/h3-6,12H,7-11H2,1-2H3,(H,18,23). The van der Waals surface area contributed by atoms with Gasteiger partial charge in [-0.15, -0.1) is 0 Å². The summed E-state index contributed by atoms with van der Waals surface area (Å²) in [6.45, 7) is 3.65. The first-order valence-electron chi connectivity index (χ1n) is 8.03. The van der Waals surface area contributed by atoms with E-state index in [1.165, 1.54) is 16.3 Å². The van der Waals surface area contributed by atoms with Crippen LogP contribution in [-0.2, 0) is 16.0 Å². The molecule has 3 rings (SSSR count). The monoisotopic (exact) mass is 314 g/mol. The van der Waals surface area contributed by atoms with Crippen molar-refractivity contribution in [1.29, 1.82) is 0 Å². The summed E-state index contributed by atoms with van der Waals surface area (Å²) in [5.74, 6) is -0.229. The van der Waals surface area contributed by atoms with E-state index in [0.717, 1.165) is 13.0 Å². The quantitative estimate of drug-likeness (QED) is 0.907. The zero-order valence-corrected chi connectivity index (χ0v) is 13.6. The van der Waals surface area contributed by atoms with Crippen LogP contribution in [0.5, 0.6) is 0 Å². The molecule has 0 aliphatic carbocycles. The van der Waals surface area contributed by atoms with Gasteiger partial charge in [-0.1, -0.05) is 18.2 Å². The molecule has 2 heterocycles. The topological polar surface area (TPSA) is 65.0 Å². The van der Waals surface area contributed by atoms with E-state index in [1.807, 2.05) is 6.07 Å². The molecule has 1 aromatic rings. The second-order valence-corrected chi connectivity index (χ2v) is 6.10. The van der Waals surface area contributed by atoms with Gasteiger partial charge in [0, 0.05) is 44.7 Å². The normalized spacial score (nSPS) is 18.5. The molecule has 1 N–H and O–H groups in total. The van der Waals surface area contributed by atoms with E-state index in [9.17, 15) is 9.59 Å². The van der Waals surface area contributed by atoms with Gasteiger partial charge < -0.3 is 10.2 Å². The third-order valence-corrected chi connectivity index (χ3v) is 4.48. The molecular formula is C17H22N4O2. The number of para-hydroxylation sites is 1. The van der Waals surface area contributed by atoms with Crippen molar-refractivity contribution >= 4 is 23.2 Å². The summed E-state index contributed by atoms with van der Waals surface area (Å²) in [5, 5.41) is 8.24. The SMILES string of the molecule is CC(CNC(=O)C1=NN(C)C(=O)CC1)N1CCc2ccccc21. The van der Waals surface area contributed by atoms with Crippen LogP contribution in [0.2, 0.25) is 0 Å². The molecule has 0 saturated heterocycles. The number of anilines is 1. The molecule has 2 aliphatic heterocycles. The van der Waals surface area contributed by atoms with Crippen molar-refractivity contribution in [3.63, 3.8) is 0 Å².